The molecule has 0 amide bonds. The fourth-order valence-electron chi connectivity index (χ4n) is 2.67. The van der Waals surface area contributed by atoms with Crippen LogP contribution in [0.5, 0.6) is 0 Å². The van der Waals surface area contributed by atoms with Gasteiger partial charge in [0.1, 0.15) is 6.04 Å². The highest BCUT2D eigenvalue weighted by Gasteiger charge is 2.23. The molecule has 0 radical (unpaired) electrons. The van der Waals surface area contributed by atoms with Crippen molar-refractivity contribution in [1.82, 2.24) is 14.5 Å². The predicted molar refractivity (Wildman–Crippen MR) is 70.9 cm³/mol. The molecule has 0 spiro atoms. The number of hydrogen-bond donors (Lipinski definition) is 0. The summed E-state index contributed by atoms with van der Waals surface area (Å²) in [6, 6.07) is 2.34. The van der Waals surface area contributed by atoms with Crippen LogP contribution in [0.3, 0.4) is 0 Å². The van der Waals surface area contributed by atoms with Crippen molar-refractivity contribution in [2.45, 2.75) is 51.6 Å². The lowest BCUT2D eigenvalue weighted by Gasteiger charge is -2.25. The van der Waals surface area contributed by atoms with E-state index in [0.29, 0.717) is 0 Å². The largest absolute Gasteiger partial charge is 0.332 e. The topological polar surface area (TPSA) is 44.9 Å². The van der Waals surface area contributed by atoms with Crippen molar-refractivity contribution in [3.63, 3.8) is 0 Å². The average Bonchev–Trinajstić information content (AvgIpc) is 2.66. The summed E-state index contributed by atoms with van der Waals surface area (Å²) in [7, 11) is 0. The lowest BCUT2D eigenvalue weighted by molar-refractivity contribution is 0.238. The van der Waals surface area contributed by atoms with Gasteiger partial charge >= 0.3 is 0 Å². The summed E-state index contributed by atoms with van der Waals surface area (Å²) >= 11 is 0. The van der Waals surface area contributed by atoms with Gasteiger partial charge in [-0.2, -0.15) is 5.26 Å². The van der Waals surface area contributed by atoms with Crippen LogP contribution in [0.2, 0.25) is 0 Å². The van der Waals surface area contributed by atoms with Crippen molar-refractivity contribution < 1.29 is 0 Å². The fourth-order valence-corrected chi connectivity index (χ4v) is 2.67. The van der Waals surface area contributed by atoms with Crippen molar-refractivity contribution in [2.24, 2.45) is 0 Å². The summed E-state index contributed by atoms with van der Waals surface area (Å²) in [4.78, 5) is 6.53. The van der Waals surface area contributed by atoms with E-state index >= 15 is 0 Å². The first kappa shape index (κ1) is 13.1. The van der Waals surface area contributed by atoms with Gasteiger partial charge in [0.05, 0.1) is 24.3 Å². The molecule has 2 heterocycles. The van der Waals surface area contributed by atoms with E-state index in [4.69, 9.17) is 0 Å². The molecule has 0 N–H and O–H groups in total. The Balaban J connectivity index is 2.16. The van der Waals surface area contributed by atoms with E-state index in [1.165, 1.54) is 25.7 Å². The van der Waals surface area contributed by atoms with Crippen molar-refractivity contribution in [2.75, 3.05) is 13.1 Å². The van der Waals surface area contributed by atoms with Crippen LogP contribution in [0.25, 0.3) is 0 Å². The van der Waals surface area contributed by atoms with Crippen LogP contribution in [-0.4, -0.2) is 27.5 Å². The second-order valence-electron chi connectivity index (χ2n) is 4.99. The molecule has 1 aliphatic rings. The van der Waals surface area contributed by atoms with Gasteiger partial charge in [-0.05, 0) is 32.4 Å². The number of likely N-dealkylation sites (tertiary alicyclic amines) is 1. The molecule has 4 nitrogen and oxygen atoms in total. The van der Waals surface area contributed by atoms with E-state index in [1.807, 2.05) is 12.5 Å². The maximum absolute atomic E-state index is 9.50. The molecule has 1 fully saturated rings. The van der Waals surface area contributed by atoms with Gasteiger partial charge in [0.25, 0.3) is 0 Å². The van der Waals surface area contributed by atoms with Crippen LogP contribution in [0.4, 0.5) is 0 Å². The molecular weight excluding hydrogens is 224 g/mol. The Morgan fingerprint density at radius 3 is 2.67 bits per heavy atom. The number of imidazole rings is 1. The maximum atomic E-state index is 9.50. The molecule has 0 aliphatic carbocycles. The van der Waals surface area contributed by atoms with Crippen molar-refractivity contribution >= 4 is 0 Å². The van der Waals surface area contributed by atoms with Gasteiger partial charge in [0.15, 0.2) is 0 Å². The second-order valence-corrected chi connectivity index (χ2v) is 4.99. The first-order chi connectivity index (χ1) is 8.86. The molecule has 1 atom stereocenters. The molecule has 1 aromatic rings. The minimum Gasteiger partial charge on any atom is -0.332 e. The number of rotatable bonds is 4. The van der Waals surface area contributed by atoms with E-state index in [2.05, 4.69) is 27.4 Å². The van der Waals surface area contributed by atoms with Crippen LogP contribution in [0, 0.1) is 11.3 Å². The quantitative estimate of drug-likeness (QED) is 0.820. The number of aromatic nitrogens is 2. The zero-order valence-electron chi connectivity index (χ0n) is 11.2. The van der Waals surface area contributed by atoms with Crippen LogP contribution in [-0.2, 0) is 6.54 Å². The second kappa shape index (κ2) is 6.55. The first-order valence-electron chi connectivity index (χ1n) is 7.00. The Morgan fingerprint density at radius 1 is 1.33 bits per heavy atom. The van der Waals surface area contributed by atoms with Gasteiger partial charge in [-0.15, -0.1) is 0 Å². The molecule has 4 heteroatoms. The smallest absolute Gasteiger partial charge is 0.140 e. The normalized spacial score (nSPS) is 19.1. The zero-order chi connectivity index (χ0) is 12.8. The molecule has 1 aromatic heterocycles. The molecule has 1 saturated heterocycles. The SMILES string of the molecule is CCCn1cncc1C(C#N)N1CCCCCC1. The summed E-state index contributed by atoms with van der Waals surface area (Å²) in [5.41, 5.74) is 1.06. The van der Waals surface area contributed by atoms with Crippen LogP contribution in [0.15, 0.2) is 12.5 Å². The van der Waals surface area contributed by atoms with Gasteiger partial charge < -0.3 is 4.57 Å². The van der Waals surface area contributed by atoms with E-state index in [-0.39, 0.29) is 6.04 Å². The lowest BCUT2D eigenvalue weighted by atomic mass is 10.2. The van der Waals surface area contributed by atoms with Gasteiger partial charge in [0, 0.05) is 6.54 Å². The third-order valence-corrected chi connectivity index (χ3v) is 3.62. The molecule has 18 heavy (non-hydrogen) atoms. The first-order valence-corrected chi connectivity index (χ1v) is 7.00. The molecule has 0 bridgehead atoms. The Morgan fingerprint density at radius 2 is 2.06 bits per heavy atom. The van der Waals surface area contributed by atoms with Crippen molar-refractivity contribution in [3.8, 4) is 6.07 Å². The fraction of sp³-hybridized carbons (Fsp3) is 0.714. The van der Waals surface area contributed by atoms with Crippen LogP contribution >= 0.6 is 0 Å². The third-order valence-electron chi connectivity index (χ3n) is 3.62. The predicted octanol–water partition coefficient (Wildman–Crippen LogP) is 2.73. The summed E-state index contributed by atoms with van der Waals surface area (Å²) in [5, 5.41) is 9.50. The van der Waals surface area contributed by atoms with E-state index in [0.717, 1.165) is 31.7 Å². The highest BCUT2D eigenvalue weighted by Crippen LogP contribution is 2.23. The summed E-state index contributed by atoms with van der Waals surface area (Å²) < 4.78 is 2.12. The molecule has 0 aromatic carbocycles. The van der Waals surface area contributed by atoms with Crippen LogP contribution < -0.4 is 0 Å². The molecule has 98 valence electrons. The average molecular weight is 246 g/mol. The van der Waals surface area contributed by atoms with Gasteiger partial charge in [0.2, 0.25) is 0 Å². The van der Waals surface area contributed by atoms with E-state index < -0.39 is 0 Å². The van der Waals surface area contributed by atoms with Gasteiger partial charge in [-0.25, -0.2) is 4.98 Å². The third kappa shape index (κ3) is 2.91. The molecular formula is C14H22N4. The Labute approximate surface area is 109 Å². The standard InChI is InChI=1S/C14H22N4/c1-2-7-18-12-16-11-14(18)13(10-15)17-8-5-3-4-6-9-17/h11-13H,2-9H2,1H3. The van der Waals surface area contributed by atoms with E-state index in [9.17, 15) is 5.26 Å². The number of aryl methyl sites for hydroxylation is 1. The Hall–Kier alpha value is -1.34. The number of hydrogen-bond acceptors (Lipinski definition) is 3. The maximum Gasteiger partial charge on any atom is 0.140 e. The molecule has 1 unspecified atom stereocenters. The van der Waals surface area contributed by atoms with Crippen molar-refractivity contribution in [1.29, 1.82) is 5.26 Å². The van der Waals surface area contributed by atoms with Gasteiger partial charge in [-0.1, -0.05) is 19.8 Å². The molecule has 2 rings (SSSR count). The number of nitriles is 1. The number of nitrogens with zero attached hydrogens (tertiary/aromatic N) is 4. The minimum atomic E-state index is -0.128. The monoisotopic (exact) mass is 246 g/mol. The minimum absolute atomic E-state index is 0.128. The molecule has 0 saturated carbocycles. The Bertz CT molecular complexity index is 396. The van der Waals surface area contributed by atoms with Crippen molar-refractivity contribution in [3.05, 3.63) is 18.2 Å². The summed E-state index contributed by atoms with van der Waals surface area (Å²) in [5.74, 6) is 0. The highest BCUT2D eigenvalue weighted by molar-refractivity contribution is 5.14. The van der Waals surface area contributed by atoms with Gasteiger partial charge in [-0.3, -0.25) is 4.90 Å². The summed E-state index contributed by atoms with van der Waals surface area (Å²) in [6.45, 7) is 5.17. The lowest BCUT2D eigenvalue weighted by Crippen LogP contribution is -2.30. The zero-order valence-corrected chi connectivity index (χ0v) is 11.2. The van der Waals surface area contributed by atoms with Crippen LogP contribution in [0.1, 0.15) is 50.8 Å². The molecule has 1 aliphatic heterocycles. The van der Waals surface area contributed by atoms with E-state index in [1.54, 1.807) is 0 Å². The Kier molecular flexibility index (Phi) is 4.77. The summed E-state index contributed by atoms with van der Waals surface area (Å²) in [6.07, 6.45) is 9.78. The highest BCUT2D eigenvalue weighted by atomic mass is 15.2.